The average Bonchev–Trinajstić information content (AvgIpc) is 3.30. The topological polar surface area (TPSA) is 78.5 Å². The van der Waals surface area contributed by atoms with Crippen molar-refractivity contribution >= 4 is 11.8 Å². The molecule has 1 saturated heterocycles. The summed E-state index contributed by atoms with van der Waals surface area (Å²) in [7, 11) is 3.19. The van der Waals surface area contributed by atoms with E-state index in [1.807, 2.05) is 24.3 Å². The first-order valence-corrected chi connectivity index (χ1v) is 8.56. The molecule has 27 heavy (non-hydrogen) atoms. The maximum atomic E-state index is 12.5. The van der Waals surface area contributed by atoms with Crippen LogP contribution in [0.4, 0.5) is 10.5 Å². The van der Waals surface area contributed by atoms with Gasteiger partial charge in [-0.3, -0.25) is 4.90 Å². The Balaban J connectivity index is 1.70. The number of methoxy groups -OCH3 is 2. The van der Waals surface area contributed by atoms with E-state index in [4.69, 9.17) is 23.7 Å². The summed E-state index contributed by atoms with van der Waals surface area (Å²) in [5.74, 6) is 2.63. The summed E-state index contributed by atoms with van der Waals surface area (Å²) in [5, 5.41) is 3.36. The van der Waals surface area contributed by atoms with Gasteiger partial charge in [-0.2, -0.15) is 0 Å². The van der Waals surface area contributed by atoms with Crippen LogP contribution in [0.2, 0.25) is 0 Å². The highest BCUT2D eigenvalue weighted by molar-refractivity contribution is 5.77. The van der Waals surface area contributed by atoms with Gasteiger partial charge in [0.2, 0.25) is 6.79 Å². The summed E-state index contributed by atoms with van der Waals surface area (Å²) in [6.07, 6.45) is -0.643. The molecule has 0 aliphatic carbocycles. The molecular weight excluding hydrogens is 352 g/mol. The summed E-state index contributed by atoms with van der Waals surface area (Å²) >= 11 is 0. The van der Waals surface area contributed by atoms with Crippen LogP contribution in [0.1, 0.15) is 17.2 Å². The lowest BCUT2D eigenvalue weighted by Gasteiger charge is -2.38. The third-order valence-corrected chi connectivity index (χ3v) is 5.04. The van der Waals surface area contributed by atoms with E-state index in [1.54, 1.807) is 25.2 Å². The Labute approximate surface area is 155 Å². The minimum atomic E-state index is -0.375. The maximum absolute atomic E-state index is 12.5. The van der Waals surface area contributed by atoms with E-state index in [1.165, 1.54) is 0 Å². The molecule has 2 aromatic carbocycles. The van der Waals surface area contributed by atoms with E-state index in [2.05, 4.69) is 5.32 Å². The standard InChI is InChI=1S/C19H18N2O6/c1-23-11-3-10(4-12(5-11)24-2)18-13-6-15-16(27-9-26-15)7-14(13)20-17-8-25-19(22)21(17)18/h3-7,17-18,20H,8-9H2,1-2H3/t17-,18+/m0/s1. The number of benzene rings is 2. The molecule has 1 fully saturated rings. The van der Waals surface area contributed by atoms with Gasteiger partial charge in [-0.15, -0.1) is 0 Å². The van der Waals surface area contributed by atoms with Gasteiger partial charge in [0.15, 0.2) is 11.5 Å². The van der Waals surface area contributed by atoms with Gasteiger partial charge in [0, 0.05) is 23.4 Å². The van der Waals surface area contributed by atoms with Gasteiger partial charge in [-0.25, -0.2) is 4.79 Å². The summed E-state index contributed by atoms with van der Waals surface area (Å²) in [5.41, 5.74) is 2.63. The molecule has 5 rings (SSSR count). The zero-order valence-electron chi connectivity index (χ0n) is 14.9. The average molecular weight is 370 g/mol. The van der Waals surface area contributed by atoms with Crippen LogP contribution in [0, 0.1) is 0 Å². The van der Waals surface area contributed by atoms with Crippen LogP contribution in [0.15, 0.2) is 30.3 Å². The van der Waals surface area contributed by atoms with Gasteiger partial charge < -0.3 is 29.0 Å². The molecule has 1 N–H and O–H groups in total. The molecule has 2 aromatic rings. The summed E-state index contributed by atoms with van der Waals surface area (Å²) in [6.45, 7) is 0.454. The molecule has 0 bridgehead atoms. The number of rotatable bonds is 3. The number of anilines is 1. The van der Waals surface area contributed by atoms with Crippen LogP contribution >= 0.6 is 0 Å². The fraction of sp³-hybridized carbons (Fsp3) is 0.316. The van der Waals surface area contributed by atoms with Crippen LogP contribution in [0.3, 0.4) is 0 Å². The zero-order valence-corrected chi connectivity index (χ0v) is 14.9. The number of hydrogen-bond acceptors (Lipinski definition) is 7. The number of carbonyl (C=O) groups excluding carboxylic acids is 1. The molecule has 3 aliphatic heterocycles. The molecule has 0 aromatic heterocycles. The number of amides is 1. The first-order chi connectivity index (χ1) is 13.2. The number of cyclic esters (lactones) is 1. The lowest BCUT2D eigenvalue weighted by atomic mass is 9.92. The molecular formula is C19H18N2O6. The van der Waals surface area contributed by atoms with Crippen LogP contribution in [0.25, 0.3) is 0 Å². The lowest BCUT2D eigenvalue weighted by molar-refractivity contribution is 0.149. The van der Waals surface area contributed by atoms with E-state index in [0.717, 1.165) is 16.8 Å². The normalized spacial score (nSPS) is 21.9. The van der Waals surface area contributed by atoms with Crippen molar-refractivity contribution in [1.82, 2.24) is 4.90 Å². The Hall–Kier alpha value is -3.29. The molecule has 0 spiro atoms. The molecule has 3 heterocycles. The lowest BCUT2D eigenvalue weighted by Crippen LogP contribution is -2.45. The predicted molar refractivity (Wildman–Crippen MR) is 94.6 cm³/mol. The molecule has 140 valence electrons. The summed E-state index contributed by atoms with van der Waals surface area (Å²) in [6, 6.07) is 9.03. The van der Waals surface area contributed by atoms with Gasteiger partial charge in [0.25, 0.3) is 0 Å². The Bertz CT molecular complexity index is 908. The Morgan fingerprint density at radius 3 is 2.41 bits per heavy atom. The van der Waals surface area contributed by atoms with Crippen LogP contribution in [-0.4, -0.2) is 44.8 Å². The number of ether oxygens (including phenoxy) is 5. The highest BCUT2D eigenvalue weighted by Crippen LogP contribution is 2.47. The maximum Gasteiger partial charge on any atom is 0.412 e. The molecule has 0 radical (unpaired) electrons. The molecule has 0 unspecified atom stereocenters. The van der Waals surface area contributed by atoms with Gasteiger partial charge in [-0.05, 0) is 23.8 Å². The third-order valence-electron chi connectivity index (χ3n) is 5.04. The van der Waals surface area contributed by atoms with Crippen molar-refractivity contribution in [2.45, 2.75) is 12.2 Å². The van der Waals surface area contributed by atoms with E-state index < -0.39 is 0 Å². The highest BCUT2D eigenvalue weighted by atomic mass is 16.7. The Morgan fingerprint density at radius 2 is 1.70 bits per heavy atom. The molecule has 0 saturated carbocycles. The van der Waals surface area contributed by atoms with E-state index >= 15 is 0 Å². The number of nitrogens with one attached hydrogen (secondary N) is 1. The predicted octanol–water partition coefficient (Wildman–Crippen LogP) is 2.73. The molecule has 2 atom stereocenters. The SMILES string of the molecule is COc1cc(OC)cc([C@@H]2c3cc4c(cc3N[C@@H]3COC(=O)N23)OCO4)c1. The fourth-order valence-electron chi connectivity index (χ4n) is 3.79. The van der Waals surface area contributed by atoms with Gasteiger partial charge in [-0.1, -0.05) is 0 Å². The van der Waals surface area contributed by atoms with Gasteiger partial charge >= 0.3 is 6.09 Å². The Kier molecular flexibility index (Phi) is 3.46. The van der Waals surface area contributed by atoms with Crippen LogP contribution in [0.5, 0.6) is 23.0 Å². The molecule has 1 amide bonds. The second-order valence-electron chi connectivity index (χ2n) is 6.49. The van der Waals surface area contributed by atoms with Crippen molar-refractivity contribution in [3.8, 4) is 23.0 Å². The van der Waals surface area contributed by atoms with Crippen LogP contribution < -0.4 is 24.3 Å². The summed E-state index contributed by atoms with van der Waals surface area (Å²) < 4.78 is 27.2. The number of fused-ring (bicyclic) bond motifs is 3. The molecule has 8 heteroatoms. The van der Waals surface area contributed by atoms with Crippen molar-refractivity contribution in [2.24, 2.45) is 0 Å². The zero-order chi connectivity index (χ0) is 18.5. The Morgan fingerprint density at radius 1 is 1.00 bits per heavy atom. The fourth-order valence-corrected chi connectivity index (χ4v) is 3.79. The molecule has 8 nitrogen and oxygen atoms in total. The smallest absolute Gasteiger partial charge is 0.412 e. The highest BCUT2D eigenvalue weighted by Gasteiger charge is 2.45. The first kappa shape index (κ1) is 15.9. The number of carbonyl (C=O) groups is 1. The largest absolute Gasteiger partial charge is 0.497 e. The van der Waals surface area contributed by atoms with Crippen molar-refractivity contribution in [2.75, 3.05) is 32.9 Å². The second kappa shape index (κ2) is 5.87. The quantitative estimate of drug-likeness (QED) is 0.890. The molecule has 3 aliphatic rings. The number of hydrogen-bond donors (Lipinski definition) is 1. The third kappa shape index (κ3) is 2.40. The monoisotopic (exact) mass is 370 g/mol. The van der Waals surface area contributed by atoms with Gasteiger partial charge in [0.05, 0.1) is 20.3 Å². The minimum Gasteiger partial charge on any atom is -0.497 e. The van der Waals surface area contributed by atoms with Crippen LogP contribution in [-0.2, 0) is 4.74 Å². The van der Waals surface area contributed by atoms with E-state index in [-0.39, 0.29) is 31.7 Å². The first-order valence-electron chi connectivity index (χ1n) is 8.56. The van der Waals surface area contributed by atoms with Gasteiger partial charge in [0.1, 0.15) is 24.3 Å². The van der Waals surface area contributed by atoms with Crippen molar-refractivity contribution in [3.63, 3.8) is 0 Å². The number of nitrogens with zero attached hydrogens (tertiary/aromatic N) is 1. The summed E-state index contributed by atoms with van der Waals surface area (Å²) in [4.78, 5) is 14.2. The van der Waals surface area contributed by atoms with E-state index in [9.17, 15) is 4.79 Å². The van der Waals surface area contributed by atoms with E-state index in [0.29, 0.717) is 23.0 Å². The van der Waals surface area contributed by atoms with Crippen molar-refractivity contribution in [3.05, 3.63) is 41.5 Å². The minimum absolute atomic E-state index is 0.186. The second-order valence-corrected chi connectivity index (χ2v) is 6.49. The van der Waals surface area contributed by atoms with Crippen molar-refractivity contribution < 1.29 is 28.5 Å². The van der Waals surface area contributed by atoms with Crippen molar-refractivity contribution in [1.29, 1.82) is 0 Å².